The maximum Gasteiger partial charge on any atom is 0.243 e. The van der Waals surface area contributed by atoms with Gasteiger partial charge in [0.1, 0.15) is 11.6 Å². The average Bonchev–Trinajstić information content (AvgIpc) is 2.77. The van der Waals surface area contributed by atoms with Gasteiger partial charge < -0.3 is 14.5 Å². The van der Waals surface area contributed by atoms with Crippen molar-refractivity contribution in [2.75, 3.05) is 51.3 Å². The van der Waals surface area contributed by atoms with Crippen LogP contribution in [-0.4, -0.2) is 69.9 Å². The Labute approximate surface area is 183 Å². The molecule has 7 nitrogen and oxygen atoms in total. The number of rotatable bonds is 7. The second kappa shape index (κ2) is 9.65. The van der Waals surface area contributed by atoms with Crippen LogP contribution in [0.4, 0.5) is 10.1 Å². The topological polar surface area (TPSA) is 70.2 Å². The number of methoxy groups -OCH3 is 1. The Balaban J connectivity index is 1.66. The third kappa shape index (κ3) is 4.99. The molecule has 1 aliphatic heterocycles. The molecule has 0 aromatic heterocycles. The first kappa shape index (κ1) is 23.0. The smallest absolute Gasteiger partial charge is 0.243 e. The molecule has 0 radical (unpaired) electrons. The predicted molar refractivity (Wildman–Crippen MR) is 117 cm³/mol. The van der Waals surface area contributed by atoms with Crippen molar-refractivity contribution in [1.29, 1.82) is 0 Å². The van der Waals surface area contributed by atoms with Gasteiger partial charge in [0.2, 0.25) is 15.9 Å². The molecule has 1 heterocycles. The second-order valence-corrected chi connectivity index (χ2v) is 9.32. The number of piperazine rings is 1. The van der Waals surface area contributed by atoms with Crippen LogP contribution in [0.15, 0.2) is 47.4 Å². The summed E-state index contributed by atoms with van der Waals surface area (Å²) in [5.41, 5.74) is 1.22. The van der Waals surface area contributed by atoms with Crippen LogP contribution in [0.25, 0.3) is 0 Å². The summed E-state index contributed by atoms with van der Waals surface area (Å²) in [7, 11) is -2.29. The lowest BCUT2D eigenvalue weighted by Gasteiger charge is -2.37. The van der Waals surface area contributed by atoms with Gasteiger partial charge in [0.25, 0.3) is 0 Å². The normalized spacial score (nSPS) is 14.7. The van der Waals surface area contributed by atoms with Crippen molar-refractivity contribution in [3.63, 3.8) is 0 Å². The first-order valence-corrected chi connectivity index (χ1v) is 11.6. The number of anilines is 1. The molecule has 0 atom stereocenters. The van der Waals surface area contributed by atoms with E-state index in [2.05, 4.69) is 0 Å². The van der Waals surface area contributed by atoms with E-state index in [1.807, 2.05) is 4.90 Å². The van der Waals surface area contributed by atoms with E-state index in [0.717, 1.165) is 0 Å². The number of hydrogen-bond donors (Lipinski definition) is 0. The van der Waals surface area contributed by atoms with Gasteiger partial charge in [-0.05, 0) is 42.8 Å². The number of benzene rings is 2. The number of amides is 1. The minimum atomic E-state index is -3.82. The molecule has 0 aliphatic carbocycles. The lowest BCUT2D eigenvalue weighted by Crippen LogP contribution is -2.52. The molecular weight excluding hydrogens is 421 g/mol. The molecule has 2 aromatic rings. The lowest BCUT2D eigenvalue weighted by molar-refractivity contribution is -0.131. The van der Waals surface area contributed by atoms with Crippen LogP contribution in [0.3, 0.4) is 0 Å². The third-order valence-corrected chi connectivity index (χ3v) is 7.41. The Kier molecular flexibility index (Phi) is 7.17. The largest absolute Gasteiger partial charge is 0.496 e. The number of ether oxygens (including phenoxy) is 1. The van der Waals surface area contributed by atoms with Gasteiger partial charge in [-0.25, -0.2) is 12.8 Å². The summed E-state index contributed by atoms with van der Waals surface area (Å²) < 4.78 is 46.5. The van der Waals surface area contributed by atoms with Crippen LogP contribution < -0.4 is 9.64 Å². The summed E-state index contributed by atoms with van der Waals surface area (Å²) in [6, 6.07) is 11.2. The maximum absolute atomic E-state index is 14.0. The Bertz CT molecular complexity index is 1040. The summed E-state index contributed by atoms with van der Waals surface area (Å²) in [6.07, 6.45) is 0. The summed E-state index contributed by atoms with van der Waals surface area (Å²) in [4.78, 5) is 16.5. The van der Waals surface area contributed by atoms with Crippen molar-refractivity contribution in [3.8, 4) is 5.75 Å². The van der Waals surface area contributed by atoms with Crippen molar-refractivity contribution in [1.82, 2.24) is 9.21 Å². The number of halogens is 1. The van der Waals surface area contributed by atoms with Gasteiger partial charge in [-0.15, -0.1) is 0 Å². The van der Waals surface area contributed by atoms with Crippen LogP contribution in [-0.2, 0) is 14.8 Å². The van der Waals surface area contributed by atoms with Gasteiger partial charge >= 0.3 is 0 Å². The van der Waals surface area contributed by atoms with Crippen LogP contribution >= 0.6 is 0 Å². The number of sulfonamides is 1. The maximum atomic E-state index is 14.0. The van der Waals surface area contributed by atoms with E-state index in [1.54, 1.807) is 49.1 Å². The van der Waals surface area contributed by atoms with Crippen LogP contribution in [0.1, 0.15) is 12.5 Å². The zero-order chi connectivity index (χ0) is 22.6. The number of carbonyl (C=O) groups excluding carboxylic acids is 1. The summed E-state index contributed by atoms with van der Waals surface area (Å²) >= 11 is 0. The SMILES string of the molecule is CCN(CC(=O)N1CCN(c2ccccc2F)CC1)S(=O)(=O)c1ccc(OC)c(C)c1. The van der Waals surface area contributed by atoms with Gasteiger partial charge in [-0.2, -0.15) is 4.31 Å². The zero-order valence-corrected chi connectivity index (χ0v) is 18.9. The van der Waals surface area contributed by atoms with Gasteiger partial charge in [0.15, 0.2) is 0 Å². The number of nitrogens with zero attached hydrogens (tertiary/aromatic N) is 3. The highest BCUT2D eigenvalue weighted by atomic mass is 32.2. The number of hydrogen-bond acceptors (Lipinski definition) is 5. The Morgan fingerprint density at radius 1 is 1.13 bits per heavy atom. The van der Waals surface area contributed by atoms with Gasteiger partial charge in [0, 0.05) is 32.7 Å². The van der Waals surface area contributed by atoms with Gasteiger partial charge in [-0.3, -0.25) is 4.79 Å². The van der Waals surface area contributed by atoms with Gasteiger partial charge in [0.05, 0.1) is 24.2 Å². The summed E-state index contributed by atoms with van der Waals surface area (Å²) in [6.45, 7) is 5.22. The summed E-state index contributed by atoms with van der Waals surface area (Å²) in [5, 5.41) is 0. The fourth-order valence-electron chi connectivity index (χ4n) is 3.68. The quantitative estimate of drug-likeness (QED) is 0.650. The molecule has 0 saturated carbocycles. The molecule has 168 valence electrons. The fourth-order valence-corrected chi connectivity index (χ4v) is 5.17. The Morgan fingerprint density at radius 2 is 1.81 bits per heavy atom. The monoisotopic (exact) mass is 449 g/mol. The van der Waals surface area contributed by atoms with Crippen molar-refractivity contribution in [3.05, 3.63) is 53.8 Å². The molecule has 2 aromatic carbocycles. The van der Waals surface area contributed by atoms with E-state index in [1.165, 1.54) is 23.5 Å². The zero-order valence-electron chi connectivity index (χ0n) is 18.0. The van der Waals surface area contributed by atoms with E-state index in [4.69, 9.17) is 4.74 Å². The van der Waals surface area contributed by atoms with Crippen LogP contribution in [0.5, 0.6) is 5.75 Å². The van der Waals surface area contributed by atoms with Crippen molar-refractivity contribution >= 4 is 21.6 Å². The van der Waals surface area contributed by atoms with E-state index in [9.17, 15) is 17.6 Å². The highest BCUT2D eigenvalue weighted by molar-refractivity contribution is 7.89. The number of likely N-dealkylation sites (N-methyl/N-ethyl adjacent to an activating group) is 1. The number of para-hydroxylation sites is 1. The average molecular weight is 450 g/mol. The molecule has 3 rings (SSSR count). The summed E-state index contributed by atoms with van der Waals surface area (Å²) in [5.74, 6) is 0.0509. The second-order valence-electron chi connectivity index (χ2n) is 7.38. The minimum Gasteiger partial charge on any atom is -0.496 e. The Hall–Kier alpha value is -2.65. The van der Waals surface area contributed by atoms with E-state index >= 15 is 0 Å². The molecule has 0 unspecified atom stereocenters. The van der Waals surface area contributed by atoms with Crippen LogP contribution in [0.2, 0.25) is 0 Å². The Morgan fingerprint density at radius 3 is 2.39 bits per heavy atom. The molecule has 1 aliphatic rings. The molecule has 0 spiro atoms. The number of carbonyl (C=O) groups is 1. The third-order valence-electron chi connectivity index (χ3n) is 5.49. The molecule has 0 bridgehead atoms. The van der Waals surface area contributed by atoms with Crippen molar-refractivity contribution in [2.24, 2.45) is 0 Å². The number of aryl methyl sites for hydroxylation is 1. The van der Waals surface area contributed by atoms with Crippen molar-refractivity contribution < 1.29 is 22.3 Å². The fraction of sp³-hybridized carbons (Fsp3) is 0.409. The molecule has 1 amide bonds. The predicted octanol–water partition coefficient (Wildman–Crippen LogP) is 2.50. The first-order chi connectivity index (χ1) is 14.8. The highest BCUT2D eigenvalue weighted by Crippen LogP contribution is 2.24. The molecule has 1 saturated heterocycles. The highest BCUT2D eigenvalue weighted by Gasteiger charge is 2.29. The molecule has 9 heteroatoms. The molecular formula is C22H28FN3O4S. The van der Waals surface area contributed by atoms with E-state index < -0.39 is 10.0 Å². The van der Waals surface area contributed by atoms with Gasteiger partial charge in [-0.1, -0.05) is 19.1 Å². The van der Waals surface area contributed by atoms with E-state index in [0.29, 0.717) is 43.2 Å². The molecule has 31 heavy (non-hydrogen) atoms. The standard InChI is InChI=1S/C22H28FN3O4S/c1-4-26(31(28,29)18-9-10-21(30-3)17(2)15-18)16-22(27)25-13-11-24(12-14-25)20-8-6-5-7-19(20)23/h5-10,15H,4,11-14,16H2,1-3H3. The molecule has 0 N–H and O–H groups in total. The van der Waals surface area contributed by atoms with Crippen molar-refractivity contribution in [2.45, 2.75) is 18.7 Å². The first-order valence-electron chi connectivity index (χ1n) is 10.2. The van der Waals surface area contributed by atoms with E-state index in [-0.39, 0.29) is 29.7 Å². The lowest BCUT2D eigenvalue weighted by atomic mass is 10.2. The minimum absolute atomic E-state index is 0.129. The van der Waals surface area contributed by atoms with Crippen LogP contribution in [0, 0.1) is 12.7 Å². The molecule has 1 fully saturated rings.